The standard InChI is InChI=1S/C21H24N4O4/c1-15(26)25(17-9-7-16(22)8-10-17)21(28)20(27)24-13-11-23(12-14-24)18-5-3-4-6-19(18)29-2/h3-10H,11-14,22H2,1-2H3. The first-order chi connectivity index (χ1) is 13.9. The van der Waals surface area contributed by atoms with E-state index in [-0.39, 0.29) is 0 Å². The van der Waals surface area contributed by atoms with E-state index in [2.05, 4.69) is 4.90 Å². The first-order valence-corrected chi connectivity index (χ1v) is 9.30. The third-order valence-corrected chi connectivity index (χ3v) is 4.84. The van der Waals surface area contributed by atoms with Crippen molar-refractivity contribution in [1.29, 1.82) is 0 Å². The molecule has 0 saturated carbocycles. The molecule has 1 heterocycles. The number of methoxy groups -OCH3 is 1. The summed E-state index contributed by atoms with van der Waals surface area (Å²) in [6.07, 6.45) is 0. The number of carbonyl (C=O) groups excluding carboxylic acids is 3. The molecule has 1 saturated heterocycles. The van der Waals surface area contributed by atoms with E-state index in [1.54, 1.807) is 31.4 Å². The van der Waals surface area contributed by atoms with E-state index in [0.29, 0.717) is 37.6 Å². The zero-order chi connectivity index (χ0) is 21.0. The van der Waals surface area contributed by atoms with Gasteiger partial charge in [0.15, 0.2) is 0 Å². The van der Waals surface area contributed by atoms with Gasteiger partial charge in [0, 0.05) is 38.8 Å². The minimum Gasteiger partial charge on any atom is -0.495 e. The molecule has 3 amide bonds. The molecule has 1 aliphatic rings. The molecule has 1 aliphatic heterocycles. The van der Waals surface area contributed by atoms with Crippen molar-refractivity contribution in [2.45, 2.75) is 6.92 Å². The van der Waals surface area contributed by atoms with E-state index in [1.165, 1.54) is 11.8 Å². The fourth-order valence-corrected chi connectivity index (χ4v) is 3.34. The van der Waals surface area contributed by atoms with E-state index < -0.39 is 17.7 Å². The SMILES string of the molecule is COc1ccccc1N1CCN(C(=O)C(=O)N(C(C)=O)c2ccc(N)cc2)CC1. The van der Waals surface area contributed by atoms with Gasteiger partial charge in [0.05, 0.1) is 18.5 Å². The van der Waals surface area contributed by atoms with Crippen molar-refractivity contribution in [2.75, 3.05) is 48.8 Å². The van der Waals surface area contributed by atoms with Crippen LogP contribution < -0.4 is 20.3 Å². The molecule has 0 bridgehead atoms. The summed E-state index contributed by atoms with van der Waals surface area (Å²) in [7, 11) is 1.62. The lowest BCUT2D eigenvalue weighted by molar-refractivity contribution is -0.145. The molecule has 2 N–H and O–H groups in total. The highest BCUT2D eigenvalue weighted by atomic mass is 16.5. The van der Waals surface area contributed by atoms with Gasteiger partial charge in [-0.3, -0.25) is 14.4 Å². The normalized spacial score (nSPS) is 13.7. The number of carbonyl (C=O) groups is 3. The molecule has 2 aromatic carbocycles. The minimum atomic E-state index is -0.868. The highest BCUT2D eigenvalue weighted by molar-refractivity contribution is 6.45. The molecule has 8 heteroatoms. The number of amides is 3. The van der Waals surface area contributed by atoms with Gasteiger partial charge in [-0.2, -0.15) is 0 Å². The largest absolute Gasteiger partial charge is 0.495 e. The van der Waals surface area contributed by atoms with Crippen molar-refractivity contribution >= 4 is 34.8 Å². The zero-order valence-corrected chi connectivity index (χ0v) is 16.5. The average Bonchev–Trinajstić information content (AvgIpc) is 2.74. The Morgan fingerprint density at radius 1 is 0.966 bits per heavy atom. The minimum absolute atomic E-state index is 0.317. The van der Waals surface area contributed by atoms with Crippen LogP contribution in [0, 0.1) is 0 Å². The number of piperazine rings is 1. The van der Waals surface area contributed by atoms with Crippen molar-refractivity contribution < 1.29 is 19.1 Å². The van der Waals surface area contributed by atoms with Gasteiger partial charge in [-0.05, 0) is 36.4 Å². The number of nitrogens with two attached hydrogens (primary N) is 1. The van der Waals surface area contributed by atoms with Crippen LogP contribution in [0.1, 0.15) is 6.92 Å². The fraction of sp³-hybridized carbons (Fsp3) is 0.286. The number of anilines is 3. The van der Waals surface area contributed by atoms with Crippen LogP contribution in [0.5, 0.6) is 5.75 Å². The second-order valence-electron chi connectivity index (χ2n) is 6.70. The number of benzene rings is 2. The second-order valence-corrected chi connectivity index (χ2v) is 6.70. The molecule has 3 rings (SSSR count). The average molecular weight is 396 g/mol. The van der Waals surface area contributed by atoms with Crippen molar-refractivity contribution in [3.8, 4) is 5.75 Å². The summed E-state index contributed by atoms with van der Waals surface area (Å²) in [5.74, 6) is -1.33. The van der Waals surface area contributed by atoms with Gasteiger partial charge in [-0.15, -0.1) is 0 Å². The lowest BCUT2D eigenvalue weighted by atomic mass is 10.2. The smallest absolute Gasteiger partial charge is 0.323 e. The number of nitrogens with zero attached hydrogens (tertiary/aromatic N) is 3. The van der Waals surface area contributed by atoms with E-state index in [4.69, 9.17) is 10.5 Å². The first-order valence-electron chi connectivity index (χ1n) is 9.30. The molecule has 152 valence electrons. The summed E-state index contributed by atoms with van der Waals surface area (Å²) in [6.45, 7) is 3.11. The van der Waals surface area contributed by atoms with Gasteiger partial charge in [-0.25, -0.2) is 4.90 Å². The number of ether oxygens (including phenoxy) is 1. The molecule has 2 aromatic rings. The quantitative estimate of drug-likeness (QED) is 0.624. The van der Waals surface area contributed by atoms with Crippen molar-refractivity contribution in [3.63, 3.8) is 0 Å². The number of hydrogen-bond acceptors (Lipinski definition) is 6. The van der Waals surface area contributed by atoms with Gasteiger partial charge in [0.25, 0.3) is 0 Å². The van der Waals surface area contributed by atoms with Crippen LogP contribution in [-0.4, -0.2) is 55.9 Å². The van der Waals surface area contributed by atoms with Crippen LogP contribution in [0.15, 0.2) is 48.5 Å². The third kappa shape index (κ3) is 4.31. The molecule has 0 unspecified atom stereocenters. The summed E-state index contributed by atoms with van der Waals surface area (Å²) in [4.78, 5) is 42.0. The summed E-state index contributed by atoms with van der Waals surface area (Å²) in [6, 6.07) is 13.9. The lowest BCUT2D eigenvalue weighted by Crippen LogP contribution is -2.54. The maximum Gasteiger partial charge on any atom is 0.323 e. The Bertz CT molecular complexity index is 905. The van der Waals surface area contributed by atoms with Gasteiger partial charge in [0.1, 0.15) is 5.75 Å². The molecule has 1 fully saturated rings. The highest BCUT2D eigenvalue weighted by Crippen LogP contribution is 2.28. The van der Waals surface area contributed by atoms with Gasteiger partial charge < -0.3 is 20.3 Å². The Morgan fingerprint density at radius 3 is 2.17 bits per heavy atom. The summed E-state index contributed by atoms with van der Waals surface area (Å²) in [5.41, 5.74) is 7.43. The van der Waals surface area contributed by atoms with Crippen LogP contribution in [0.4, 0.5) is 17.1 Å². The van der Waals surface area contributed by atoms with Crippen LogP contribution in [0.3, 0.4) is 0 Å². The third-order valence-electron chi connectivity index (χ3n) is 4.84. The monoisotopic (exact) mass is 396 g/mol. The van der Waals surface area contributed by atoms with E-state index >= 15 is 0 Å². The zero-order valence-electron chi connectivity index (χ0n) is 16.5. The van der Waals surface area contributed by atoms with E-state index in [1.807, 2.05) is 24.3 Å². The van der Waals surface area contributed by atoms with Gasteiger partial charge in [-0.1, -0.05) is 12.1 Å². The van der Waals surface area contributed by atoms with Crippen molar-refractivity contribution in [1.82, 2.24) is 4.90 Å². The molecule has 0 atom stereocenters. The molecule has 8 nitrogen and oxygen atoms in total. The Morgan fingerprint density at radius 2 is 1.59 bits per heavy atom. The van der Waals surface area contributed by atoms with E-state index in [9.17, 15) is 14.4 Å². The second kappa shape index (κ2) is 8.64. The summed E-state index contributed by atoms with van der Waals surface area (Å²) in [5, 5.41) is 0. The van der Waals surface area contributed by atoms with Gasteiger partial charge in [0.2, 0.25) is 5.91 Å². The number of nitrogen functional groups attached to an aromatic ring is 1. The fourth-order valence-electron chi connectivity index (χ4n) is 3.34. The number of hydrogen-bond donors (Lipinski definition) is 1. The van der Waals surface area contributed by atoms with Crippen LogP contribution in [0.25, 0.3) is 0 Å². The topological polar surface area (TPSA) is 96.2 Å². The van der Waals surface area contributed by atoms with Crippen molar-refractivity contribution in [2.24, 2.45) is 0 Å². The predicted molar refractivity (Wildman–Crippen MR) is 111 cm³/mol. The number of para-hydroxylation sites is 2. The Hall–Kier alpha value is -3.55. The van der Waals surface area contributed by atoms with Crippen LogP contribution in [-0.2, 0) is 14.4 Å². The molecular formula is C21H24N4O4. The Kier molecular flexibility index (Phi) is 6.01. The Labute approximate surface area is 169 Å². The summed E-state index contributed by atoms with van der Waals surface area (Å²) < 4.78 is 5.40. The number of imide groups is 1. The molecular weight excluding hydrogens is 372 g/mol. The maximum atomic E-state index is 12.8. The first kappa shape index (κ1) is 20.2. The maximum absolute atomic E-state index is 12.8. The molecule has 0 aliphatic carbocycles. The van der Waals surface area contributed by atoms with Crippen LogP contribution >= 0.6 is 0 Å². The molecule has 0 radical (unpaired) electrons. The highest BCUT2D eigenvalue weighted by Gasteiger charge is 2.32. The van der Waals surface area contributed by atoms with E-state index in [0.717, 1.165) is 16.3 Å². The summed E-state index contributed by atoms with van der Waals surface area (Å²) >= 11 is 0. The molecule has 0 aromatic heterocycles. The Balaban J connectivity index is 1.70. The lowest BCUT2D eigenvalue weighted by Gasteiger charge is -2.36. The predicted octanol–water partition coefficient (Wildman–Crippen LogP) is 1.51. The van der Waals surface area contributed by atoms with Gasteiger partial charge >= 0.3 is 11.8 Å². The molecule has 29 heavy (non-hydrogen) atoms. The number of rotatable bonds is 3. The molecule has 0 spiro atoms. The van der Waals surface area contributed by atoms with Crippen molar-refractivity contribution in [3.05, 3.63) is 48.5 Å². The van der Waals surface area contributed by atoms with Crippen LogP contribution in [0.2, 0.25) is 0 Å².